The second-order valence-electron chi connectivity index (χ2n) is 5.06. The van der Waals surface area contributed by atoms with Gasteiger partial charge in [-0.2, -0.15) is 0 Å². The zero-order valence-electron chi connectivity index (χ0n) is 11.9. The summed E-state index contributed by atoms with van der Waals surface area (Å²) in [6.07, 6.45) is 3.36. The van der Waals surface area contributed by atoms with Crippen LogP contribution in [0.3, 0.4) is 0 Å². The Labute approximate surface area is 114 Å². The second kappa shape index (κ2) is 6.83. The molecule has 0 heterocycles. The number of ether oxygens (including phenoxy) is 2. The number of hydrogen-bond donors (Lipinski definition) is 1. The van der Waals surface area contributed by atoms with Crippen molar-refractivity contribution in [2.24, 2.45) is 0 Å². The molecule has 19 heavy (non-hydrogen) atoms. The molecule has 104 valence electrons. The Morgan fingerprint density at radius 2 is 2.11 bits per heavy atom. The topological polar surface area (TPSA) is 47.6 Å². The maximum atomic E-state index is 11.4. The number of methoxy groups -OCH3 is 1. The van der Waals surface area contributed by atoms with Gasteiger partial charge in [-0.25, -0.2) is 4.79 Å². The van der Waals surface area contributed by atoms with Gasteiger partial charge in [0, 0.05) is 6.54 Å². The number of carbonyl (C=O) groups excluding carboxylic acids is 1. The lowest BCUT2D eigenvalue weighted by molar-refractivity contribution is 0.0534. The summed E-state index contributed by atoms with van der Waals surface area (Å²) in [6, 6.07) is 7.69. The van der Waals surface area contributed by atoms with Crippen LogP contribution in [-0.2, 0) is 4.74 Å². The molecular formula is C15H21NO3. The molecule has 0 fully saturated rings. The van der Waals surface area contributed by atoms with E-state index in [0.29, 0.717) is 6.54 Å². The van der Waals surface area contributed by atoms with Gasteiger partial charge in [0.1, 0.15) is 11.4 Å². The van der Waals surface area contributed by atoms with Crippen LogP contribution < -0.4 is 10.1 Å². The van der Waals surface area contributed by atoms with E-state index in [2.05, 4.69) is 5.32 Å². The van der Waals surface area contributed by atoms with Gasteiger partial charge in [0.05, 0.1) is 7.11 Å². The van der Waals surface area contributed by atoms with E-state index in [1.165, 1.54) is 0 Å². The highest BCUT2D eigenvalue weighted by atomic mass is 16.6. The molecule has 0 saturated carbocycles. The molecule has 1 aromatic carbocycles. The van der Waals surface area contributed by atoms with E-state index in [-0.39, 0.29) is 0 Å². The molecule has 4 heteroatoms. The third kappa shape index (κ3) is 6.50. The van der Waals surface area contributed by atoms with Crippen LogP contribution in [0.2, 0.25) is 0 Å². The molecule has 4 nitrogen and oxygen atoms in total. The number of amides is 1. The molecule has 0 atom stereocenters. The quantitative estimate of drug-likeness (QED) is 0.907. The lowest BCUT2D eigenvalue weighted by atomic mass is 10.2. The van der Waals surface area contributed by atoms with Crippen molar-refractivity contribution in [2.75, 3.05) is 13.7 Å². The van der Waals surface area contributed by atoms with E-state index in [1.54, 1.807) is 7.11 Å². The zero-order chi connectivity index (χ0) is 14.3. The Hall–Kier alpha value is -1.97. The van der Waals surface area contributed by atoms with E-state index in [9.17, 15) is 4.79 Å². The van der Waals surface area contributed by atoms with Gasteiger partial charge in [0.15, 0.2) is 0 Å². The Balaban J connectivity index is 2.40. The van der Waals surface area contributed by atoms with Gasteiger partial charge in [0.2, 0.25) is 0 Å². The first-order valence-corrected chi connectivity index (χ1v) is 6.18. The second-order valence-corrected chi connectivity index (χ2v) is 5.06. The van der Waals surface area contributed by atoms with Crippen molar-refractivity contribution in [3.63, 3.8) is 0 Å². The number of hydrogen-bond acceptors (Lipinski definition) is 3. The highest BCUT2D eigenvalue weighted by Gasteiger charge is 2.14. The number of carbonyl (C=O) groups is 1. The van der Waals surface area contributed by atoms with Crippen molar-refractivity contribution >= 4 is 12.2 Å². The van der Waals surface area contributed by atoms with Crippen molar-refractivity contribution in [1.29, 1.82) is 0 Å². The zero-order valence-corrected chi connectivity index (χ0v) is 11.9. The van der Waals surface area contributed by atoms with Crippen molar-refractivity contribution in [3.05, 3.63) is 35.9 Å². The fraction of sp³-hybridized carbons (Fsp3) is 0.400. The van der Waals surface area contributed by atoms with Crippen molar-refractivity contribution < 1.29 is 14.3 Å². The fourth-order valence-electron chi connectivity index (χ4n) is 1.40. The van der Waals surface area contributed by atoms with Gasteiger partial charge in [-0.15, -0.1) is 0 Å². The largest absolute Gasteiger partial charge is 0.497 e. The summed E-state index contributed by atoms with van der Waals surface area (Å²) >= 11 is 0. The molecule has 0 aromatic heterocycles. The van der Waals surface area contributed by atoms with Gasteiger partial charge in [0.25, 0.3) is 0 Å². The van der Waals surface area contributed by atoms with Gasteiger partial charge >= 0.3 is 6.09 Å². The predicted molar refractivity (Wildman–Crippen MR) is 76.3 cm³/mol. The van der Waals surface area contributed by atoms with E-state index in [1.807, 2.05) is 57.2 Å². The summed E-state index contributed by atoms with van der Waals surface area (Å²) in [6.45, 7) is 5.92. The number of nitrogens with one attached hydrogen (secondary N) is 1. The molecule has 0 aliphatic rings. The average molecular weight is 263 g/mol. The maximum Gasteiger partial charge on any atom is 0.407 e. The van der Waals surface area contributed by atoms with Crippen LogP contribution in [0.25, 0.3) is 6.08 Å². The molecule has 0 unspecified atom stereocenters. The minimum atomic E-state index is -0.472. The molecule has 1 N–H and O–H groups in total. The van der Waals surface area contributed by atoms with Crippen molar-refractivity contribution in [1.82, 2.24) is 5.32 Å². The minimum absolute atomic E-state index is 0.414. The molecule has 0 aliphatic carbocycles. The third-order valence-electron chi connectivity index (χ3n) is 2.17. The summed E-state index contributed by atoms with van der Waals surface area (Å²) in [5.41, 5.74) is 0.547. The SMILES string of the molecule is COc1cccc(C=CCNC(=O)OC(C)(C)C)c1. The third-order valence-corrected chi connectivity index (χ3v) is 2.17. The van der Waals surface area contributed by atoms with Gasteiger partial charge < -0.3 is 14.8 Å². The minimum Gasteiger partial charge on any atom is -0.497 e. The average Bonchev–Trinajstić information content (AvgIpc) is 2.33. The van der Waals surface area contributed by atoms with Crippen LogP contribution in [-0.4, -0.2) is 25.3 Å². The lowest BCUT2D eigenvalue weighted by Gasteiger charge is -2.19. The van der Waals surface area contributed by atoms with Gasteiger partial charge in [-0.05, 0) is 38.5 Å². The highest BCUT2D eigenvalue weighted by Crippen LogP contribution is 2.13. The van der Waals surface area contributed by atoms with E-state index >= 15 is 0 Å². The molecular weight excluding hydrogens is 242 g/mol. The first-order valence-electron chi connectivity index (χ1n) is 6.18. The summed E-state index contributed by atoms with van der Waals surface area (Å²) < 4.78 is 10.3. The normalized spacial score (nSPS) is 11.4. The molecule has 0 radical (unpaired) electrons. The van der Waals surface area contributed by atoms with E-state index in [4.69, 9.17) is 9.47 Å². The van der Waals surface area contributed by atoms with Crippen LogP contribution in [0.1, 0.15) is 26.3 Å². The molecule has 0 saturated heterocycles. The summed E-state index contributed by atoms with van der Waals surface area (Å²) in [5, 5.41) is 2.66. The summed E-state index contributed by atoms with van der Waals surface area (Å²) in [4.78, 5) is 11.4. The van der Waals surface area contributed by atoms with Gasteiger partial charge in [-0.1, -0.05) is 24.3 Å². The van der Waals surface area contributed by atoms with Crippen molar-refractivity contribution in [2.45, 2.75) is 26.4 Å². The molecule has 0 bridgehead atoms. The molecule has 1 rings (SSSR count). The Bertz CT molecular complexity index is 447. The number of alkyl carbamates (subject to hydrolysis) is 1. The Morgan fingerprint density at radius 3 is 2.74 bits per heavy atom. The van der Waals surface area contributed by atoms with Gasteiger partial charge in [-0.3, -0.25) is 0 Å². The Kier molecular flexibility index (Phi) is 5.42. The first-order chi connectivity index (χ1) is 8.90. The molecule has 0 spiro atoms. The standard InChI is InChI=1S/C15H21NO3/c1-15(2,3)19-14(17)16-10-6-8-12-7-5-9-13(11-12)18-4/h5-9,11H,10H2,1-4H3,(H,16,17). The lowest BCUT2D eigenvalue weighted by Crippen LogP contribution is -2.32. The van der Waals surface area contributed by atoms with E-state index < -0.39 is 11.7 Å². The summed E-state index contributed by atoms with van der Waals surface area (Å²) in [5.74, 6) is 0.808. The maximum absolute atomic E-state index is 11.4. The number of benzene rings is 1. The molecule has 1 aromatic rings. The number of rotatable bonds is 4. The van der Waals surface area contributed by atoms with E-state index in [0.717, 1.165) is 11.3 Å². The fourth-order valence-corrected chi connectivity index (χ4v) is 1.40. The molecule has 1 amide bonds. The highest BCUT2D eigenvalue weighted by molar-refractivity contribution is 5.68. The van der Waals surface area contributed by atoms with Crippen LogP contribution in [0, 0.1) is 0 Å². The summed E-state index contributed by atoms with van der Waals surface area (Å²) in [7, 11) is 1.63. The predicted octanol–water partition coefficient (Wildman–Crippen LogP) is 3.23. The van der Waals surface area contributed by atoms with Crippen LogP contribution >= 0.6 is 0 Å². The van der Waals surface area contributed by atoms with Crippen molar-refractivity contribution in [3.8, 4) is 5.75 Å². The van der Waals surface area contributed by atoms with Crippen LogP contribution in [0.15, 0.2) is 30.3 Å². The molecule has 0 aliphatic heterocycles. The first kappa shape index (κ1) is 15.1. The van der Waals surface area contributed by atoms with Crippen LogP contribution in [0.4, 0.5) is 4.79 Å². The monoisotopic (exact) mass is 263 g/mol. The van der Waals surface area contributed by atoms with Crippen LogP contribution in [0.5, 0.6) is 5.75 Å². The Morgan fingerprint density at radius 1 is 1.37 bits per heavy atom. The smallest absolute Gasteiger partial charge is 0.407 e.